The third-order valence-electron chi connectivity index (χ3n) is 8.54. The van der Waals surface area contributed by atoms with Crippen molar-refractivity contribution >= 4 is 17.1 Å². The largest absolute Gasteiger partial charge is 0.390 e. The summed E-state index contributed by atoms with van der Waals surface area (Å²) in [5.74, 6) is -1.12. The molecule has 5 aromatic rings. The maximum Gasteiger partial charge on any atom is 0.280 e. The predicted octanol–water partition coefficient (Wildman–Crippen LogP) is 4.79. The number of imidazole rings is 1. The molecule has 1 unspecified atom stereocenters. The molecule has 0 bridgehead atoms. The van der Waals surface area contributed by atoms with Gasteiger partial charge >= 0.3 is 0 Å². The Balaban J connectivity index is 1.53. The van der Waals surface area contributed by atoms with Gasteiger partial charge in [-0.05, 0) is 22.6 Å². The van der Waals surface area contributed by atoms with Crippen molar-refractivity contribution in [2.24, 2.45) is 5.92 Å². The smallest absolute Gasteiger partial charge is 0.280 e. The summed E-state index contributed by atoms with van der Waals surface area (Å²) in [6, 6.07) is 29.5. The fraction of sp³-hybridized carbons (Fsp3) is 0.343. The zero-order valence-electron chi connectivity index (χ0n) is 26.3. The van der Waals surface area contributed by atoms with Crippen molar-refractivity contribution in [3.05, 3.63) is 124 Å². The standard InChI is InChI=1S/C35H39N5O6/c1-23(2)21-36-33-38-31-29(32(42)39-33)37-22-40(31)28-20-27(41)30(45-28)35(43-3,46-44-4)34(24-14-8-5-9-15-24,25-16-10-6-11-17-25)26-18-12-7-13-19-26/h5-19,22-23,27-28,30,41H,20-21H2,1-4H3,(H2,36,38,39,42)/t27-,28+,30-,35?/m0/s1. The SMILES string of the molecule is COOC(OC)([C@H]1O[C@@H](n2cnc3c(=O)[nH]c(NCC(C)C)nc32)C[C@@H]1O)C(c1ccccc1)(c1ccccc1)c1ccccc1. The summed E-state index contributed by atoms with van der Waals surface area (Å²) >= 11 is 0. The van der Waals surface area contributed by atoms with Gasteiger partial charge in [0.1, 0.15) is 17.7 Å². The van der Waals surface area contributed by atoms with Crippen LogP contribution in [0.5, 0.6) is 0 Å². The highest BCUT2D eigenvalue weighted by Crippen LogP contribution is 2.54. The molecule has 240 valence electrons. The highest BCUT2D eigenvalue weighted by atomic mass is 17.2. The fourth-order valence-corrected chi connectivity index (χ4v) is 6.61. The normalized spacial score (nSPS) is 19.8. The number of ether oxygens (including phenoxy) is 2. The molecule has 3 heterocycles. The molecule has 1 aliphatic heterocycles. The fourth-order valence-electron chi connectivity index (χ4n) is 6.61. The van der Waals surface area contributed by atoms with Crippen LogP contribution in [0.4, 0.5) is 5.95 Å². The number of benzene rings is 3. The quantitative estimate of drug-likeness (QED) is 0.0775. The van der Waals surface area contributed by atoms with Crippen LogP contribution in [0.2, 0.25) is 0 Å². The number of aromatic nitrogens is 4. The van der Waals surface area contributed by atoms with E-state index in [0.29, 0.717) is 24.1 Å². The minimum absolute atomic E-state index is 0.131. The molecule has 4 atom stereocenters. The predicted molar refractivity (Wildman–Crippen MR) is 173 cm³/mol. The third-order valence-corrected chi connectivity index (χ3v) is 8.54. The summed E-state index contributed by atoms with van der Waals surface area (Å²) in [7, 11) is 2.93. The maximum atomic E-state index is 12.9. The molecule has 6 rings (SSSR count). The van der Waals surface area contributed by atoms with E-state index in [-0.39, 0.29) is 17.5 Å². The van der Waals surface area contributed by atoms with E-state index in [9.17, 15) is 9.90 Å². The molecule has 0 amide bonds. The summed E-state index contributed by atoms with van der Waals surface area (Å²) in [4.78, 5) is 36.5. The summed E-state index contributed by atoms with van der Waals surface area (Å²) in [5, 5.41) is 15.1. The molecule has 0 radical (unpaired) electrons. The van der Waals surface area contributed by atoms with Gasteiger partial charge in [0.05, 0.1) is 19.5 Å². The molecule has 1 saturated heterocycles. The minimum atomic E-state index is -1.79. The Morgan fingerprint density at radius 3 is 2.04 bits per heavy atom. The molecule has 1 fully saturated rings. The van der Waals surface area contributed by atoms with Crippen molar-refractivity contribution in [1.29, 1.82) is 0 Å². The summed E-state index contributed by atoms with van der Waals surface area (Å²) < 4.78 is 14.9. The zero-order valence-corrected chi connectivity index (χ0v) is 26.3. The van der Waals surface area contributed by atoms with Crippen LogP contribution in [0.3, 0.4) is 0 Å². The molecule has 1 aliphatic rings. The number of hydrogen-bond donors (Lipinski definition) is 3. The number of fused-ring (bicyclic) bond motifs is 1. The minimum Gasteiger partial charge on any atom is -0.390 e. The number of H-pyrrole nitrogens is 1. The molecule has 11 heteroatoms. The van der Waals surface area contributed by atoms with Gasteiger partial charge in [-0.3, -0.25) is 14.3 Å². The van der Waals surface area contributed by atoms with Crippen molar-refractivity contribution in [2.75, 3.05) is 26.1 Å². The number of aliphatic hydroxyl groups is 1. The van der Waals surface area contributed by atoms with Gasteiger partial charge in [0.2, 0.25) is 11.7 Å². The van der Waals surface area contributed by atoms with Crippen LogP contribution in [0.25, 0.3) is 11.2 Å². The Morgan fingerprint density at radius 2 is 1.54 bits per heavy atom. The Labute approximate surface area is 267 Å². The van der Waals surface area contributed by atoms with Crippen LogP contribution in [-0.2, 0) is 24.7 Å². The summed E-state index contributed by atoms with van der Waals surface area (Å²) in [5.41, 5.74) is 1.37. The van der Waals surface area contributed by atoms with E-state index in [4.69, 9.17) is 19.2 Å². The zero-order chi connectivity index (χ0) is 32.3. The average Bonchev–Trinajstić information content (AvgIpc) is 3.69. The van der Waals surface area contributed by atoms with Crippen molar-refractivity contribution < 1.29 is 24.4 Å². The van der Waals surface area contributed by atoms with E-state index in [2.05, 4.69) is 34.1 Å². The molecule has 0 spiro atoms. The van der Waals surface area contributed by atoms with Gasteiger partial charge in [0.25, 0.3) is 5.56 Å². The number of anilines is 1. The van der Waals surface area contributed by atoms with E-state index in [0.717, 1.165) is 16.7 Å². The molecule has 2 aromatic heterocycles. The topological polar surface area (TPSA) is 133 Å². The van der Waals surface area contributed by atoms with E-state index >= 15 is 0 Å². The second-order valence-electron chi connectivity index (χ2n) is 11.8. The van der Waals surface area contributed by atoms with Gasteiger partial charge in [-0.2, -0.15) is 9.87 Å². The average molecular weight is 626 g/mol. The molecule has 3 aromatic carbocycles. The van der Waals surface area contributed by atoms with Gasteiger partial charge in [0, 0.05) is 20.1 Å². The Morgan fingerprint density at radius 1 is 0.978 bits per heavy atom. The molecule has 3 N–H and O–H groups in total. The van der Waals surface area contributed by atoms with Crippen LogP contribution in [0.1, 0.15) is 43.2 Å². The Kier molecular flexibility index (Phi) is 9.03. The molecule has 11 nitrogen and oxygen atoms in total. The monoisotopic (exact) mass is 625 g/mol. The van der Waals surface area contributed by atoms with Gasteiger partial charge in [0.15, 0.2) is 11.2 Å². The highest BCUT2D eigenvalue weighted by Gasteiger charge is 2.66. The summed E-state index contributed by atoms with van der Waals surface area (Å²) in [6.07, 6.45) is -1.35. The number of nitrogens with zero attached hydrogens (tertiary/aromatic N) is 3. The second-order valence-corrected chi connectivity index (χ2v) is 11.8. The number of aliphatic hydroxyl groups excluding tert-OH is 1. The molecule has 0 aliphatic carbocycles. The lowest BCUT2D eigenvalue weighted by atomic mass is 9.61. The number of aromatic amines is 1. The van der Waals surface area contributed by atoms with E-state index in [1.807, 2.05) is 91.0 Å². The van der Waals surface area contributed by atoms with Gasteiger partial charge in [-0.1, -0.05) is 105 Å². The lowest BCUT2D eigenvalue weighted by Gasteiger charge is -2.51. The first kappa shape index (κ1) is 31.6. The molecule has 0 saturated carbocycles. The Bertz CT molecular complexity index is 1700. The molecule has 46 heavy (non-hydrogen) atoms. The third kappa shape index (κ3) is 5.29. The number of methoxy groups -OCH3 is 1. The van der Waals surface area contributed by atoms with E-state index in [1.54, 1.807) is 4.57 Å². The second kappa shape index (κ2) is 13.1. The molecular formula is C35H39N5O6. The van der Waals surface area contributed by atoms with Crippen molar-refractivity contribution in [3.63, 3.8) is 0 Å². The van der Waals surface area contributed by atoms with Crippen LogP contribution in [0.15, 0.2) is 102 Å². The van der Waals surface area contributed by atoms with Crippen LogP contribution < -0.4 is 10.9 Å². The van der Waals surface area contributed by atoms with Gasteiger partial charge in [-0.25, -0.2) is 9.87 Å². The van der Waals surface area contributed by atoms with Crippen LogP contribution >= 0.6 is 0 Å². The van der Waals surface area contributed by atoms with E-state index < -0.39 is 29.6 Å². The first-order chi connectivity index (χ1) is 22.4. The van der Waals surface area contributed by atoms with Gasteiger partial charge < -0.3 is 19.9 Å². The first-order valence-corrected chi connectivity index (χ1v) is 15.3. The van der Waals surface area contributed by atoms with Crippen LogP contribution in [0, 0.1) is 5.92 Å². The Hall–Kier alpha value is -4.39. The highest BCUT2D eigenvalue weighted by molar-refractivity contribution is 5.71. The van der Waals surface area contributed by atoms with Gasteiger partial charge in [-0.15, -0.1) is 0 Å². The van der Waals surface area contributed by atoms with E-state index in [1.165, 1.54) is 20.5 Å². The number of nitrogens with one attached hydrogen (secondary N) is 2. The number of hydrogen-bond acceptors (Lipinski definition) is 9. The van der Waals surface area contributed by atoms with Crippen molar-refractivity contribution in [2.45, 2.75) is 49.9 Å². The number of rotatable bonds is 12. The maximum absolute atomic E-state index is 12.9. The molecular weight excluding hydrogens is 586 g/mol. The lowest BCUT2D eigenvalue weighted by molar-refractivity contribution is -0.452. The van der Waals surface area contributed by atoms with Crippen molar-refractivity contribution in [3.8, 4) is 0 Å². The van der Waals surface area contributed by atoms with Crippen LogP contribution in [-0.4, -0.2) is 63.4 Å². The van der Waals surface area contributed by atoms with Crippen molar-refractivity contribution in [1.82, 2.24) is 19.5 Å². The first-order valence-electron chi connectivity index (χ1n) is 15.3. The lowest BCUT2D eigenvalue weighted by Crippen LogP contribution is -2.65. The summed E-state index contributed by atoms with van der Waals surface area (Å²) in [6.45, 7) is 4.74.